The van der Waals surface area contributed by atoms with Crippen molar-refractivity contribution in [2.24, 2.45) is 5.92 Å². The number of nitrogens with one attached hydrogen (secondary N) is 1. The molecule has 1 unspecified atom stereocenters. The molecular formula is C25H38Br2N2O. The van der Waals surface area contributed by atoms with Crippen molar-refractivity contribution < 1.29 is 5.11 Å². The summed E-state index contributed by atoms with van der Waals surface area (Å²) in [6.07, 6.45) is 6.15. The third-order valence-electron chi connectivity index (χ3n) is 5.29. The summed E-state index contributed by atoms with van der Waals surface area (Å²) in [6, 6.07) is 5.99. The minimum atomic E-state index is 0.294. The predicted octanol–water partition coefficient (Wildman–Crippen LogP) is 7.62. The highest BCUT2D eigenvalue weighted by atomic mass is 79.9. The summed E-state index contributed by atoms with van der Waals surface area (Å²) in [6.45, 7) is 14.1. The fourth-order valence-electron chi connectivity index (χ4n) is 4.23. The smallest absolute Gasteiger partial charge is 0.116 e. The van der Waals surface area contributed by atoms with Crippen LogP contribution in [0.1, 0.15) is 82.7 Å². The van der Waals surface area contributed by atoms with Crippen LogP contribution < -0.4 is 5.32 Å². The average molecular weight is 542 g/mol. The van der Waals surface area contributed by atoms with Crippen molar-refractivity contribution in [2.75, 3.05) is 13.1 Å². The highest BCUT2D eigenvalue weighted by Gasteiger charge is 2.34. The number of aromatic hydroxyl groups is 1. The number of benzene rings is 1. The van der Waals surface area contributed by atoms with Crippen LogP contribution in [0.3, 0.4) is 0 Å². The van der Waals surface area contributed by atoms with E-state index < -0.39 is 0 Å². The lowest BCUT2D eigenvalue weighted by Crippen LogP contribution is -2.32. The molecule has 2 heterocycles. The van der Waals surface area contributed by atoms with Gasteiger partial charge >= 0.3 is 0 Å². The molecule has 0 radical (unpaired) electrons. The van der Waals surface area contributed by atoms with Crippen molar-refractivity contribution >= 4 is 31.9 Å². The van der Waals surface area contributed by atoms with Crippen molar-refractivity contribution in [3.8, 4) is 5.75 Å². The number of fused-ring (bicyclic) bond motifs is 2. The Labute approximate surface area is 200 Å². The number of piperidine rings is 1. The lowest BCUT2D eigenvalue weighted by Gasteiger charge is -2.32. The molecule has 3 nitrogen and oxygen atoms in total. The first-order chi connectivity index (χ1) is 14.6. The first kappa shape index (κ1) is 27.1. The molecular weight excluding hydrogens is 504 g/mol. The Bertz CT molecular complexity index is 774. The van der Waals surface area contributed by atoms with Gasteiger partial charge in [-0.25, -0.2) is 0 Å². The van der Waals surface area contributed by atoms with Gasteiger partial charge in [-0.2, -0.15) is 0 Å². The second-order valence-electron chi connectivity index (χ2n) is 6.76. The van der Waals surface area contributed by atoms with E-state index >= 15 is 0 Å². The van der Waals surface area contributed by atoms with Gasteiger partial charge in [-0.15, -0.1) is 0 Å². The fraction of sp³-hybridized carbons (Fsp3) is 0.560. The molecule has 1 aromatic heterocycles. The second kappa shape index (κ2) is 14.2. The van der Waals surface area contributed by atoms with Crippen molar-refractivity contribution in [2.45, 2.75) is 73.1 Å². The number of aryl methyl sites for hydroxylation is 2. The van der Waals surface area contributed by atoms with E-state index in [-0.39, 0.29) is 0 Å². The topological polar surface area (TPSA) is 45.2 Å². The largest absolute Gasteiger partial charge is 0.508 e. The van der Waals surface area contributed by atoms with Gasteiger partial charge in [0.25, 0.3) is 0 Å². The molecule has 5 heteroatoms. The SMILES string of the molecule is CC.CC.CC.Oc1cc(Br)c2c(c1)CCc1cc(Br)cnc1C2C1CCNCC1. The zero-order valence-electron chi connectivity index (χ0n) is 19.4. The third-order valence-corrected chi connectivity index (χ3v) is 6.38. The molecule has 1 saturated heterocycles. The number of phenols is 1. The molecule has 1 aliphatic heterocycles. The van der Waals surface area contributed by atoms with Crippen LogP contribution in [0.15, 0.2) is 33.3 Å². The standard InChI is InChI=1S/C19H20Br2N2O.3C2H6/c20-14-7-13-2-1-12-8-15(24)9-16(21)17(12)18(19(13)23-10-14)11-3-5-22-6-4-11;3*1-2/h7-11,18,22,24H,1-6H2;3*1-2H3. The molecule has 1 fully saturated rings. The van der Waals surface area contributed by atoms with E-state index in [9.17, 15) is 5.11 Å². The van der Waals surface area contributed by atoms with Crippen molar-refractivity contribution in [3.63, 3.8) is 0 Å². The highest BCUT2D eigenvalue weighted by Crippen LogP contribution is 2.45. The monoisotopic (exact) mass is 540 g/mol. The number of phenolic OH excluding ortho intramolecular Hbond substituents is 1. The summed E-state index contributed by atoms with van der Waals surface area (Å²) in [5.74, 6) is 1.21. The lowest BCUT2D eigenvalue weighted by molar-refractivity contribution is 0.337. The Morgan fingerprint density at radius 1 is 0.900 bits per heavy atom. The molecule has 1 atom stereocenters. The molecule has 4 rings (SSSR count). The number of hydrogen-bond acceptors (Lipinski definition) is 3. The quantitative estimate of drug-likeness (QED) is 0.390. The van der Waals surface area contributed by atoms with Crippen LogP contribution in [0.2, 0.25) is 0 Å². The van der Waals surface area contributed by atoms with Gasteiger partial charge in [0.15, 0.2) is 0 Å². The highest BCUT2D eigenvalue weighted by molar-refractivity contribution is 9.10. The van der Waals surface area contributed by atoms with Gasteiger partial charge in [-0.3, -0.25) is 4.98 Å². The second-order valence-corrected chi connectivity index (χ2v) is 8.53. The summed E-state index contributed by atoms with van der Waals surface area (Å²) < 4.78 is 2.05. The summed E-state index contributed by atoms with van der Waals surface area (Å²) in [5.41, 5.74) is 5.12. The first-order valence-corrected chi connectivity index (χ1v) is 13.1. The Balaban J connectivity index is 0.000000691. The number of pyridine rings is 1. The van der Waals surface area contributed by atoms with Crippen LogP contribution in [0.25, 0.3) is 0 Å². The number of rotatable bonds is 1. The van der Waals surface area contributed by atoms with Crippen LogP contribution >= 0.6 is 31.9 Å². The predicted molar refractivity (Wildman–Crippen MR) is 137 cm³/mol. The molecule has 0 spiro atoms. The van der Waals surface area contributed by atoms with Gasteiger partial charge in [0, 0.05) is 21.1 Å². The van der Waals surface area contributed by atoms with Gasteiger partial charge in [0.05, 0.1) is 5.69 Å². The van der Waals surface area contributed by atoms with Crippen LogP contribution in [0, 0.1) is 5.92 Å². The van der Waals surface area contributed by atoms with Crippen molar-refractivity contribution in [1.82, 2.24) is 10.3 Å². The molecule has 0 amide bonds. The van der Waals surface area contributed by atoms with Gasteiger partial charge in [-0.05, 0) is 95.5 Å². The Kier molecular flexibility index (Phi) is 12.8. The average Bonchev–Trinajstić information content (AvgIpc) is 2.95. The minimum absolute atomic E-state index is 0.294. The van der Waals surface area contributed by atoms with E-state index in [0.29, 0.717) is 17.6 Å². The fourth-order valence-corrected chi connectivity index (χ4v) is 5.34. The molecule has 30 heavy (non-hydrogen) atoms. The lowest BCUT2D eigenvalue weighted by atomic mass is 9.77. The maximum atomic E-state index is 10.1. The van der Waals surface area contributed by atoms with E-state index in [4.69, 9.17) is 4.98 Å². The first-order valence-electron chi connectivity index (χ1n) is 11.5. The van der Waals surface area contributed by atoms with Gasteiger partial charge in [0.1, 0.15) is 5.75 Å². The molecule has 2 aromatic rings. The maximum Gasteiger partial charge on any atom is 0.116 e. The number of hydrogen-bond donors (Lipinski definition) is 2. The summed E-state index contributed by atoms with van der Waals surface area (Å²) >= 11 is 7.30. The van der Waals surface area contributed by atoms with Crippen LogP contribution in [0.5, 0.6) is 5.75 Å². The van der Waals surface area contributed by atoms with Gasteiger partial charge < -0.3 is 10.4 Å². The minimum Gasteiger partial charge on any atom is -0.508 e. The summed E-state index contributed by atoms with van der Waals surface area (Å²) in [5, 5.41) is 13.5. The van der Waals surface area contributed by atoms with E-state index in [0.717, 1.165) is 47.7 Å². The zero-order valence-corrected chi connectivity index (χ0v) is 22.5. The van der Waals surface area contributed by atoms with Gasteiger partial charge in [-0.1, -0.05) is 57.5 Å². The van der Waals surface area contributed by atoms with Gasteiger partial charge in [0.2, 0.25) is 0 Å². The number of nitrogens with zero attached hydrogens (tertiary/aromatic N) is 1. The van der Waals surface area contributed by atoms with Crippen molar-refractivity contribution in [3.05, 3.63) is 55.7 Å². The Morgan fingerprint density at radius 3 is 2.13 bits per heavy atom. The Hall–Kier alpha value is -0.910. The normalized spacial score (nSPS) is 17.4. The molecule has 0 saturated carbocycles. The van der Waals surface area contributed by atoms with Crippen LogP contribution in [-0.4, -0.2) is 23.2 Å². The Morgan fingerprint density at radius 2 is 1.50 bits per heavy atom. The molecule has 2 aliphatic rings. The van der Waals surface area contributed by atoms with E-state index in [1.165, 1.54) is 22.4 Å². The molecule has 0 bridgehead atoms. The third kappa shape index (κ3) is 6.54. The van der Waals surface area contributed by atoms with Crippen LogP contribution in [0.4, 0.5) is 0 Å². The number of aromatic nitrogens is 1. The molecule has 168 valence electrons. The molecule has 2 N–H and O–H groups in total. The van der Waals surface area contributed by atoms with E-state index in [1.54, 1.807) is 0 Å². The summed E-state index contributed by atoms with van der Waals surface area (Å²) in [7, 11) is 0. The zero-order chi connectivity index (χ0) is 22.7. The van der Waals surface area contributed by atoms with Crippen LogP contribution in [-0.2, 0) is 12.8 Å². The molecule has 1 aliphatic carbocycles. The van der Waals surface area contributed by atoms with E-state index in [1.807, 2.05) is 59.9 Å². The van der Waals surface area contributed by atoms with Crippen molar-refractivity contribution in [1.29, 1.82) is 0 Å². The summed E-state index contributed by atoms with van der Waals surface area (Å²) in [4.78, 5) is 4.85. The number of halogens is 2. The maximum absolute atomic E-state index is 10.1. The van der Waals surface area contributed by atoms with E-state index in [2.05, 4.69) is 43.2 Å². The molecule has 1 aromatic carbocycles.